The van der Waals surface area contributed by atoms with Gasteiger partial charge in [0.15, 0.2) is 5.76 Å². The first kappa shape index (κ1) is 25.3. The van der Waals surface area contributed by atoms with Crippen LogP contribution in [0.4, 0.5) is 13.2 Å². The highest BCUT2D eigenvalue weighted by Gasteiger charge is 2.35. The second-order valence-corrected chi connectivity index (χ2v) is 8.62. The first-order valence-electron chi connectivity index (χ1n) is 11.1. The Balaban J connectivity index is 1.47. The quantitative estimate of drug-likeness (QED) is 0.589. The molecule has 0 unspecified atom stereocenters. The van der Waals surface area contributed by atoms with E-state index in [1.165, 1.54) is 17.5 Å². The Kier molecular flexibility index (Phi) is 8.01. The topological polar surface area (TPSA) is 89.9 Å². The predicted octanol–water partition coefficient (Wildman–Crippen LogP) is 3.06. The van der Waals surface area contributed by atoms with E-state index >= 15 is 0 Å². The maximum atomic E-state index is 12.7. The van der Waals surface area contributed by atoms with E-state index in [9.17, 15) is 32.7 Å². The molecule has 34 heavy (non-hydrogen) atoms. The van der Waals surface area contributed by atoms with Crippen molar-refractivity contribution in [1.29, 1.82) is 0 Å². The van der Waals surface area contributed by atoms with Crippen LogP contribution >= 0.6 is 0 Å². The van der Waals surface area contributed by atoms with Crippen LogP contribution in [0.2, 0.25) is 0 Å². The molecule has 7 nitrogen and oxygen atoms in total. The number of carbonyl (C=O) groups excluding carboxylic acids is 3. The van der Waals surface area contributed by atoms with Crippen LogP contribution in [0.15, 0.2) is 53.8 Å². The van der Waals surface area contributed by atoms with E-state index in [-0.39, 0.29) is 37.3 Å². The summed E-state index contributed by atoms with van der Waals surface area (Å²) in [5.41, 5.74) is 1.24. The highest BCUT2D eigenvalue weighted by atomic mass is 19.4. The Labute approximate surface area is 195 Å². The Bertz CT molecular complexity index is 967. The number of alkyl halides is 3. The van der Waals surface area contributed by atoms with E-state index in [1.807, 2.05) is 18.2 Å². The van der Waals surface area contributed by atoms with Gasteiger partial charge in [-0.05, 0) is 37.2 Å². The number of likely N-dealkylation sites (N-methyl/N-ethyl adjacent to an activating group) is 1. The zero-order valence-electron chi connectivity index (χ0n) is 18.8. The molecule has 0 saturated heterocycles. The highest BCUT2D eigenvalue weighted by Crippen LogP contribution is 2.33. The van der Waals surface area contributed by atoms with Crippen LogP contribution in [0.3, 0.4) is 0 Å². The van der Waals surface area contributed by atoms with Crippen LogP contribution in [0.1, 0.15) is 37.2 Å². The molecule has 10 heteroatoms. The fraction of sp³-hybridized carbons (Fsp3) is 0.458. The van der Waals surface area contributed by atoms with Gasteiger partial charge in [-0.25, -0.2) is 0 Å². The van der Waals surface area contributed by atoms with Gasteiger partial charge in [0.05, 0.1) is 12.1 Å². The molecule has 1 aromatic rings. The number of rotatable bonds is 7. The third kappa shape index (κ3) is 6.61. The van der Waals surface area contributed by atoms with E-state index < -0.39 is 29.7 Å². The van der Waals surface area contributed by atoms with E-state index in [0.29, 0.717) is 12.0 Å². The third-order valence-corrected chi connectivity index (χ3v) is 6.23. The van der Waals surface area contributed by atoms with Crippen molar-refractivity contribution in [2.75, 3.05) is 26.7 Å². The van der Waals surface area contributed by atoms with Gasteiger partial charge in [0.25, 0.3) is 11.8 Å². The van der Waals surface area contributed by atoms with Crippen LogP contribution in [0, 0.1) is 0 Å². The van der Waals surface area contributed by atoms with E-state index in [2.05, 4.69) is 17.4 Å². The second-order valence-electron chi connectivity index (χ2n) is 8.62. The molecule has 1 heterocycles. The Morgan fingerprint density at radius 3 is 2.44 bits per heavy atom. The molecule has 1 fully saturated rings. The smallest absolute Gasteiger partial charge is 0.409 e. The van der Waals surface area contributed by atoms with Crippen LogP contribution in [-0.4, -0.2) is 71.5 Å². The predicted molar refractivity (Wildman–Crippen MR) is 119 cm³/mol. The summed E-state index contributed by atoms with van der Waals surface area (Å²) in [6, 6.07) is 10.1. The normalized spacial score (nSPS) is 21.3. The van der Waals surface area contributed by atoms with Gasteiger partial charge in [0.2, 0.25) is 5.91 Å². The number of benzene rings is 1. The van der Waals surface area contributed by atoms with E-state index in [0.717, 1.165) is 30.6 Å². The zero-order valence-corrected chi connectivity index (χ0v) is 18.8. The lowest BCUT2D eigenvalue weighted by atomic mass is 9.82. The molecule has 0 aromatic heterocycles. The fourth-order valence-corrected chi connectivity index (χ4v) is 4.22. The Morgan fingerprint density at radius 2 is 1.82 bits per heavy atom. The van der Waals surface area contributed by atoms with Crippen LogP contribution in [0.5, 0.6) is 0 Å². The van der Waals surface area contributed by atoms with Crippen LogP contribution in [-0.2, 0) is 14.4 Å². The molecule has 1 aromatic carbocycles. The molecular weight excluding hydrogens is 451 g/mol. The number of nitrogens with zero attached hydrogens (tertiary/aromatic N) is 2. The van der Waals surface area contributed by atoms with Crippen LogP contribution in [0.25, 0.3) is 0 Å². The minimum Gasteiger partial charge on any atom is -0.503 e. The first-order valence-corrected chi connectivity index (χ1v) is 11.1. The average molecular weight is 479 g/mol. The van der Waals surface area contributed by atoms with Crippen LogP contribution < -0.4 is 5.32 Å². The van der Waals surface area contributed by atoms with Crippen molar-refractivity contribution in [3.63, 3.8) is 0 Å². The van der Waals surface area contributed by atoms with Gasteiger partial charge in [-0.2, -0.15) is 13.2 Å². The van der Waals surface area contributed by atoms with Gasteiger partial charge in [-0.1, -0.05) is 30.3 Å². The lowest BCUT2D eigenvalue weighted by Crippen LogP contribution is -2.40. The molecule has 3 amide bonds. The number of nitrogens with one attached hydrogen (secondary N) is 1. The maximum absolute atomic E-state index is 12.7. The summed E-state index contributed by atoms with van der Waals surface area (Å²) in [6.07, 6.45) is -0.920. The molecular formula is C24H28F3N3O4. The third-order valence-electron chi connectivity index (χ3n) is 6.23. The molecule has 184 valence electrons. The van der Waals surface area contributed by atoms with Crippen molar-refractivity contribution < 1.29 is 32.7 Å². The molecule has 2 aliphatic rings. The number of hydrogen-bond donors (Lipinski definition) is 2. The average Bonchev–Trinajstić information content (AvgIpc) is 3.10. The summed E-state index contributed by atoms with van der Waals surface area (Å²) in [5, 5.41) is 13.1. The number of carbonyl (C=O) groups is 3. The Hall–Kier alpha value is -3.30. The SMILES string of the molecule is CN(CCN1CC(C(=O)N[C@H]2CC[C@@H](c3ccccc3)CC2)=C(O)C1=O)C(=O)C=CC(F)(F)F. The van der Waals surface area contributed by atoms with Gasteiger partial charge in [-0.3, -0.25) is 14.4 Å². The highest BCUT2D eigenvalue weighted by molar-refractivity contribution is 6.07. The molecule has 0 radical (unpaired) electrons. The fourth-order valence-electron chi connectivity index (χ4n) is 4.22. The minimum atomic E-state index is -4.60. The largest absolute Gasteiger partial charge is 0.503 e. The number of aliphatic hydroxyl groups excluding tert-OH is 1. The van der Waals surface area contributed by atoms with Crippen molar-refractivity contribution in [3.8, 4) is 0 Å². The molecule has 0 atom stereocenters. The molecule has 1 aliphatic heterocycles. The minimum absolute atomic E-state index is 0.0377. The van der Waals surface area contributed by atoms with Gasteiger partial charge >= 0.3 is 6.18 Å². The maximum Gasteiger partial charge on any atom is 0.409 e. The van der Waals surface area contributed by atoms with Crippen molar-refractivity contribution >= 4 is 17.7 Å². The molecule has 1 saturated carbocycles. The number of aliphatic hydroxyl groups is 1. The number of hydrogen-bond acceptors (Lipinski definition) is 4. The van der Waals surface area contributed by atoms with E-state index in [4.69, 9.17) is 0 Å². The van der Waals surface area contributed by atoms with E-state index in [1.54, 1.807) is 0 Å². The monoisotopic (exact) mass is 479 g/mol. The van der Waals surface area contributed by atoms with Gasteiger partial charge < -0.3 is 20.2 Å². The lowest BCUT2D eigenvalue weighted by Gasteiger charge is -2.29. The van der Waals surface area contributed by atoms with Crippen molar-refractivity contribution in [3.05, 3.63) is 59.4 Å². The van der Waals surface area contributed by atoms with Gasteiger partial charge in [-0.15, -0.1) is 0 Å². The van der Waals surface area contributed by atoms with Crippen molar-refractivity contribution in [2.45, 2.75) is 43.8 Å². The molecule has 2 N–H and O–H groups in total. The number of halogens is 3. The molecule has 0 spiro atoms. The summed E-state index contributed by atoms with van der Waals surface area (Å²) in [6.45, 7) is -0.224. The number of amides is 3. The summed E-state index contributed by atoms with van der Waals surface area (Å²) < 4.78 is 36.6. The summed E-state index contributed by atoms with van der Waals surface area (Å²) >= 11 is 0. The Morgan fingerprint density at radius 1 is 1.18 bits per heavy atom. The van der Waals surface area contributed by atoms with Crippen molar-refractivity contribution in [1.82, 2.24) is 15.1 Å². The summed E-state index contributed by atoms with van der Waals surface area (Å²) in [4.78, 5) is 39.0. The number of allylic oxidation sites excluding steroid dienone is 1. The molecule has 3 rings (SSSR count). The van der Waals surface area contributed by atoms with Crippen molar-refractivity contribution in [2.24, 2.45) is 0 Å². The second kappa shape index (κ2) is 10.8. The summed E-state index contributed by atoms with van der Waals surface area (Å²) in [7, 11) is 1.30. The first-order chi connectivity index (χ1) is 16.0. The molecule has 0 bridgehead atoms. The molecule has 1 aliphatic carbocycles. The zero-order chi connectivity index (χ0) is 24.9. The summed E-state index contributed by atoms with van der Waals surface area (Å²) in [5.74, 6) is -2.32. The van der Waals surface area contributed by atoms with Gasteiger partial charge in [0, 0.05) is 38.3 Å². The van der Waals surface area contributed by atoms with Gasteiger partial charge in [0.1, 0.15) is 0 Å². The lowest BCUT2D eigenvalue weighted by molar-refractivity contribution is -0.130. The standard InChI is InChI=1S/C24H28F3N3O4/c1-29(20(31)11-12-24(25,26)27)13-14-30-15-19(21(32)23(30)34)22(33)28-18-9-7-17(8-10-18)16-5-3-2-4-6-16/h2-6,11-12,17-18,32H,7-10,13-15H2,1H3,(H,28,33)/t17-,18+.